The van der Waals surface area contributed by atoms with Gasteiger partial charge in [0.15, 0.2) is 11.6 Å². The molecule has 16 heavy (non-hydrogen) atoms. The molecular formula is C10H10F3NO2. The molecule has 1 aromatic carbocycles. The van der Waals surface area contributed by atoms with Crippen LogP contribution in [0.3, 0.4) is 0 Å². The maximum Gasteiger partial charge on any atom is 0.255 e. The summed E-state index contributed by atoms with van der Waals surface area (Å²) in [5.74, 6) is -4.56. The summed E-state index contributed by atoms with van der Waals surface area (Å²) in [6.45, 7) is 2.31. The first-order valence-electron chi connectivity index (χ1n) is 4.40. The van der Waals surface area contributed by atoms with Crippen molar-refractivity contribution in [2.75, 3.05) is 5.32 Å². The molecule has 2 N–H and O–H groups in total. The van der Waals surface area contributed by atoms with Gasteiger partial charge in [0.2, 0.25) is 0 Å². The van der Waals surface area contributed by atoms with Crippen molar-refractivity contribution in [3.8, 4) is 0 Å². The zero-order valence-corrected chi connectivity index (χ0v) is 8.64. The van der Waals surface area contributed by atoms with Crippen molar-refractivity contribution in [3.63, 3.8) is 0 Å². The first-order chi connectivity index (χ1) is 7.21. The average molecular weight is 233 g/mol. The number of nitrogens with one attached hydrogen (secondary N) is 1. The third kappa shape index (κ3) is 2.73. The van der Waals surface area contributed by atoms with Gasteiger partial charge in [-0.15, -0.1) is 0 Å². The van der Waals surface area contributed by atoms with Gasteiger partial charge in [-0.1, -0.05) is 0 Å². The fourth-order valence-electron chi connectivity index (χ4n) is 0.928. The van der Waals surface area contributed by atoms with E-state index in [9.17, 15) is 23.1 Å². The number of halogens is 3. The third-order valence-electron chi connectivity index (χ3n) is 1.80. The van der Waals surface area contributed by atoms with Crippen LogP contribution in [-0.4, -0.2) is 16.6 Å². The van der Waals surface area contributed by atoms with E-state index in [1.54, 1.807) is 0 Å². The highest BCUT2D eigenvalue weighted by Crippen LogP contribution is 2.21. The van der Waals surface area contributed by atoms with Crippen LogP contribution in [0.25, 0.3) is 0 Å². The van der Waals surface area contributed by atoms with Gasteiger partial charge in [0.1, 0.15) is 17.1 Å². The minimum absolute atomic E-state index is 0.434. The monoisotopic (exact) mass is 233 g/mol. The fourth-order valence-corrected chi connectivity index (χ4v) is 0.928. The molecule has 0 unspecified atom stereocenters. The van der Waals surface area contributed by atoms with Gasteiger partial charge in [-0.2, -0.15) is 0 Å². The molecule has 1 amide bonds. The minimum atomic E-state index is -1.78. The van der Waals surface area contributed by atoms with Crippen molar-refractivity contribution in [1.82, 2.24) is 0 Å². The van der Waals surface area contributed by atoms with Crippen LogP contribution < -0.4 is 5.32 Å². The molecule has 6 heteroatoms. The van der Waals surface area contributed by atoms with Crippen molar-refractivity contribution >= 4 is 11.6 Å². The Kier molecular flexibility index (Phi) is 3.23. The van der Waals surface area contributed by atoms with Gasteiger partial charge in [0.25, 0.3) is 5.91 Å². The Labute approximate surface area is 89.9 Å². The van der Waals surface area contributed by atoms with Crippen LogP contribution in [0.2, 0.25) is 0 Å². The summed E-state index contributed by atoms with van der Waals surface area (Å²) in [4.78, 5) is 11.2. The predicted molar refractivity (Wildman–Crippen MR) is 51.2 cm³/mol. The third-order valence-corrected chi connectivity index (χ3v) is 1.80. The topological polar surface area (TPSA) is 49.3 Å². The highest BCUT2D eigenvalue weighted by atomic mass is 19.1. The summed E-state index contributed by atoms with van der Waals surface area (Å²) in [5.41, 5.74) is -2.57. The Morgan fingerprint density at radius 1 is 1.25 bits per heavy atom. The number of hydrogen-bond donors (Lipinski definition) is 2. The van der Waals surface area contributed by atoms with E-state index in [-0.39, 0.29) is 0 Å². The summed E-state index contributed by atoms with van der Waals surface area (Å²) in [6.07, 6.45) is 0. The summed E-state index contributed by atoms with van der Waals surface area (Å²) in [5, 5.41) is 11.1. The number of aliphatic hydroxyl groups is 1. The Balaban J connectivity index is 3.03. The normalized spacial score (nSPS) is 11.4. The van der Waals surface area contributed by atoms with Crippen molar-refractivity contribution < 1.29 is 23.1 Å². The molecule has 0 spiro atoms. The number of carbonyl (C=O) groups excluding carboxylic acids is 1. The lowest BCUT2D eigenvalue weighted by molar-refractivity contribution is -0.130. The van der Waals surface area contributed by atoms with Gasteiger partial charge in [-0.05, 0) is 13.8 Å². The van der Waals surface area contributed by atoms with Gasteiger partial charge in [-0.3, -0.25) is 4.79 Å². The van der Waals surface area contributed by atoms with E-state index >= 15 is 0 Å². The predicted octanol–water partition coefficient (Wildman–Crippen LogP) is 1.81. The van der Waals surface area contributed by atoms with Crippen molar-refractivity contribution in [2.24, 2.45) is 0 Å². The number of benzene rings is 1. The first-order valence-corrected chi connectivity index (χ1v) is 4.40. The Morgan fingerprint density at radius 3 is 2.06 bits per heavy atom. The Morgan fingerprint density at radius 2 is 1.69 bits per heavy atom. The first kappa shape index (κ1) is 12.5. The molecule has 0 radical (unpaired) electrons. The van der Waals surface area contributed by atoms with Gasteiger partial charge in [0.05, 0.1) is 0 Å². The van der Waals surface area contributed by atoms with Gasteiger partial charge in [0, 0.05) is 12.1 Å². The molecule has 1 aromatic rings. The molecule has 0 aliphatic heterocycles. The molecule has 88 valence electrons. The molecule has 1 rings (SSSR count). The highest BCUT2D eigenvalue weighted by molar-refractivity contribution is 5.96. The molecule has 0 heterocycles. The SMILES string of the molecule is CC(C)(O)C(=O)Nc1c(F)cc(F)cc1F. The van der Waals surface area contributed by atoms with E-state index in [2.05, 4.69) is 0 Å². The molecule has 0 aliphatic carbocycles. The van der Waals surface area contributed by atoms with E-state index in [0.717, 1.165) is 13.8 Å². The zero-order valence-electron chi connectivity index (χ0n) is 8.64. The fraction of sp³-hybridized carbons (Fsp3) is 0.300. The molecule has 0 atom stereocenters. The lowest BCUT2D eigenvalue weighted by Gasteiger charge is -2.17. The Bertz CT molecular complexity index is 404. The smallest absolute Gasteiger partial charge is 0.255 e. The number of amides is 1. The molecule has 0 bridgehead atoms. The lowest BCUT2D eigenvalue weighted by atomic mass is 10.1. The number of rotatable bonds is 2. The van der Waals surface area contributed by atoms with Gasteiger partial charge < -0.3 is 10.4 Å². The van der Waals surface area contributed by atoms with E-state index < -0.39 is 34.6 Å². The standard InChI is InChI=1S/C10H10F3NO2/c1-10(2,16)9(15)14-8-6(12)3-5(11)4-7(8)13/h3-4,16H,1-2H3,(H,14,15). The van der Waals surface area contributed by atoms with Crippen LogP contribution in [-0.2, 0) is 4.79 Å². The molecule has 0 aromatic heterocycles. The summed E-state index contributed by atoms with van der Waals surface area (Å²) in [7, 11) is 0. The second-order valence-corrected chi connectivity index (χ2v) is 3.76. The van der Waals surface area contributed by atoms with E-state index in [0.29, 0.717) is 12.1 Å². The number of hydrogen-bond acceptors (Lipinski definition) is 2. The molecular weight excluding hydrogens is 223 g/mol. The van der Waals surface area contributed by atoms with Crippen LogP contribution in [0.4, 0.5) is 18.9 Å². The second-order valence-electron chi connectivity index (χ2n) is 3.76. The minimum Gasteiger partial charge on any atom is -0.381 e. The van der Waals surface area contributed by atoms with Crippen molar-refractivity contribution in [2.45, 2.75) is 19.4 Å². The van der Waals surface area contributed by atoms with Crippen molar-refractivity contribution in [1.29, 1.82) is 0 Å². The number of carbonyl (C=O) groups is 1. The van der Waals surface area contributed by atoms with E-state index in [1.807, 2.05) is 5.32 Å². The zero-order chi connectivity index (χ0) is 12.5. The average Bonchev–Trinajstić information content (AvgIpc) is 2.08. The molecule has 0 saturated carbocycles. The molecule has 0 aliphatic rings. The van der Waals surface area contributed by atoms with Crippen LogP contribution in [0.15, 0.2) is 12.1 Å². The molecule has 3 nitrogen and oxygen atoms in total. The summed E-state index contributed by atoms with van der Waals surface area (Å²) >= 11 is 0. The van der Waals surface area contributed by atoms with Crippen LogP contribution >= 0.6 is 0 Å². The summed E-state index contributed by atoms with van der Waals surface area (Å²) in [6, 6.07) is 0.867. The van der Waals surface area contributed by atoms with Crippen molar-refractivity contribution in [3.05, 3.63) is 29.6 Å². The van der Waals surface area contributed by atoms with Gasteiger partial charge in [-0.25, -0.2) is 13.2 Å². The molecule has 0 saturated heterocycles. The van der Waals surface area contributed by atoms with Gasteiger partial charge >= 0.3 is 0 Å². The van der Waals surface area contributed by atoms with E-state index in [4.69, 9.17) is 0 Å². The Hall–Kier alpha value is -1.56. The van der Waals surface area contributed by atoms with E-state index in [1.165, 1.54) is 0 Å². The maximum absolute atomic E-state index is 13.1. The number of anilines is 1. The quantitative estimate of drug-likeness (QED) is 0.818. The van der Waals surface area contributed by atoms with Crippen LogP contribution in [0.5, 0.6) is 0 Å². The summed E-state index contributed by atoms with van der Waals surface area (Å²) < 4.78 is 38.7. The lowest BCUT2D eigenvalue weighted by Crippen LogP contribution is -2.37. The van der Waals surface area contributed by atoms with Crippen LogP contribution in [0, 0.1) is 17.5 Å². The largest absolute Gasteiger partial charge is 0.381 e. The second kappa shape index (κ2) is 4.13. The van der Waals surface area contributed by atoms with Crippen LogP contribution in [0.1, 0.15) is 13.8 Å². The molecule has 0 fully saturated rings. The highest BCUT2D eigenvalue weighted by Gasteiger charge is 2.26. The maximum atomic E-state index is 13.1.